The second-order valence-corrected chi connectivity index (χ2v) is 4.09. The summed E-state index contributed by atoms with van der Waals surface area (Å²) in [5.41, 5.74) is 3.10. The molecule has 0 spiro atoms. The van der Waals surface area contributed by atoms with Crippen molar-refractivity contribution in [2.75, 3.05) is 6.54 Å². The van der Waals surface area contributed by atoms with Gasteiger partial charge in [0, 0.05) is 23.6 Å². The summed E-state index contributed by atoms with van der Waals surface area (Å²) in [6.07, 6.45) is 2.40. The highest BCUT2D eigenvalue weighted by Gasteiger charge is 2.20. The quantitative estimate of drug-likeness (QED) is 0.696. The van der Waals surface area contributed by atoms with Gasteiger partial charge in [0.15, 0.2) is 0 Å². The van der Waals surface area contributed by atoms with Crippen LogP contribution in [0.2, 0.25) is 0 Å². The van der Waals surface area contributed by atoms with Crippen LogP contribution in [0, 0.1) is 0 Å². The number of aliphatic carboxylic acids is 1. The van der Waals surface area contributed by atoms with Gasteiger partial charge in [0.2, 0.25) is 0 Å². The van der Waals surface area contributed by atoms with E-state index in [4.69, 9.17) is 0 Å². The monoisotopic (exact) mass is 228 g/mol. The summed E-state index contributed by atoms with van der Waals surface area (Å²) in [6.45, 7) is 0.756. The van der Waals surface area contributed by atoms with Crippen molar-refractivity contribution >= 4 is 22.4 Å². The molecule has 1 aromatic heterocycles. The summed E-state index contributed by atoms with van der Waals surface area (Å²) >= 11 is 0. The second-order valence-electron chi connectivity index (χ2n) is 4.09. The molecule has 3 rings (SSSR count). The molecule has 0 saturated carbocycles. The van der Waals surface area contributed by atoms with E-state index in [1.54, 1.807) is 6.20 Å². The molecule has 0 fully saturated rings. The van der Waals surface area contributed by atoms with Crippen LogP contribution in [0.5, 0.6) is 0 Å². The van der Waals surface area contributed by atoms with Gasteiger partial charge in [-0.2, -0.15) is 0 Å². The third-order valence-electron chi connectivity index (χ3n) is 3.08. The van der Waals surface area contributed by atoms with Crippen molar-refractivity contribution in [3.63, 3.8) is 0 Å². The minimum absolute atomic E-state index is 0.300. The van der Waals surface area contributed by atoms with Crippen molar-refractivity contribution in [2.24, 2.45) is 0 Å². The molecule has 0 unspecified atom stereocenters. The maximum absolute atomic E-state index is 11.2. The molecule has 1 aromatic carbocycles. The van der Waals surface area contributed by atoms with Gasteiger partial charge in [0.05, 0.1) is 11.3 Å². The SMILES string of the molecule is O=C(O)C1=CNCCc2c1[nH]c1ccccc21. The predicted molar refractivity (Wildman–Crippen MR) is 65.6 cm³/mol. The lowest BCUT2D eigenvalue weighted by Crippen LogP contribution is -2.08. The third-order valence-corrected chi connectivity index (χ3v) is 3.08. The fourth-order valence-electron chi connectivity index (χ4n) is 2.30. The van der Waals surface area contributed by atoms with Crippen LogP contribution in [-0.4, -0.2) is 22.6 Å². The Morgan fingerprint density at radius 3 is 2.94 bits per heavy atom. The van der Waals surface area contributed by atoms with Gasteiger partial charge in [-0.1, -0.05) is 18.2 Å². The van der Waals surface area contributed by atoms with Gasteiger partial charge in [-0.05, 0) is 18.1 Å². The van der Waals surface area contributed by atoms with Crippen molar-refractivity contribution in [1.82, 2.24) is 10.3 Å². The molecule has 1 aliphatic heterocycles. The highest BCUT2D eigenvalue weighted by molar-refractivity contribution is 6.16. The lowest BCUT2D eigenvalue weighted by atomic mass is 10.0. The summed E-state index contributed by atoms with van der Waals surface area (Å²) in [4.78, 5) is 14.4. The first kappa shape index (κ1) is 9.96. The van der Waals surface area contributed by atoms with Crippen LogP contribution < -0.4 is 5.32 Å². The first-order valence-electron chi connectivity index (χ1n) is 5.54. The first-order valence-corrected chi connectivity index (χ1v) is 5.54. The van der Waals surface area contributed by atoms with Crippen LogP contribution >= 0.6 is 0 Å². The Hall–Kier alpha value is -2.23. The van der Waals surface area contributed by atoms with Crippen LogP contribution in [0.25, 0.3) is 16.5 Å². The molecule has 3 N–H and O–H groups in total. The number of benzene rings is 1. The number of H-pyrrole nitrogens is 1. The fraction of sp³-hybridized carbons (Fsp3) is 0.154. The standard InChI is InChI=1S/C13H12N2O2/c16-13(17)10-7-14-6-5-9-8-3-1-2-4-11(8)15-12(9)10/h1-4,7,14-15H,5-6H2,(H,16,17). The Morgan fingerprint density at radius 2 is 2.12 bits per heavy atom. The molecule has 0 saturated heterocycles. The number of rotatable bonds is 1. The Labute approximate surface area is 98.0 Å². The number of aromatic amines is 1. The molecule has 0 amide bonds. The molecule has 0 radical (unpaired) electrons. The van der Waals surface area contributed by atoms with Crippen LogP contribution in [0.3, 0.4) is 0 Å². The number of nitrogens with one attached hydrogen (secondary N) is 2. The van der Waals surface area contributed by atoms with Crippen molar-refractivity contribution in [3.05, 3.63) is 41.7 Å². The van der Waals surface area contributed by atoms with Crippen molar-refractivity contribution in [3.8, 4) is 0 Å². The topological polar surface area (TPSA) is 65.1 Å². The molecule has 2 heterocycles. The van der Waals surface area contributed by atoms with E-state index in [-0.39, 0.29) is 0 Å². The Morgan fingerprint density at radius 1 is 1.29 bits per heavy atom. The molecule has 0 bridgehead atoms. The highest BCUT2D eigenvalue weighted by Crippen LogP contribution is 2.28. The number of carbonyl (C=O) groups is 1. The van der Waals surface area contributed by atoms with Gasteiger partial charge < -0.3 is 15.4 Å². The number of carboxylic acids is 1. The van der Waals surface area contributed by atoms with Crippen LogP contribution in [0.4, 0.5) is 0 Å². The van der Waals surface area contributed by atoms with Gasteiger partial charge in [0.25, 0.3) is 0 Å². The van der Waals surface area contributed by atoms with Crippen molar-refractivity contribution in [2.45, 2.75) is 6.42 Å². The van der Waals surface area contributed by atoms with E-state index in [2.05, 4.69) is 10.3 Å². The van der Waals surface area contributed by atoms with Crippen LogP contribution in [0.1, 0.15) is 11.3 Å². The zero-order valence-electron chi connectivity index (χ0n) is 9.16. The number of hydrogen-bond donors (Lipinski definition) is 3. The van der Waals surface area contributed by atoms with Crippen molar-refractivity contribution < 1.29 is 9.90 Å². The smallest absolute Gasteiger partial charge is 0.339 e. The molecule has 17 heavy (non-hydrogen) atoms. The summed E-state index contributed by atoms with van der Waals surface area (Å²) in [5, 5.41) is 13.3. The third kappa shape index (κ3) is 1.49. The first-order chi connectivity index (χ1) is 8.27. The van der Waals surface area contributed by atoms with E-state index in [9.17, 15) is 9.90 Å². The van der Waals surface area contributed by atoms with E-state index in [0.29, 0.717) is 5.57 Å². The van der Waals surface area contributed by atoms with E-state index < -0.39 is 5.97 Å². The zero-order chi connectivity index (χ0) is 11.8. The number of para-hydroxylation sites is 1. The summed E-state index contributed by atoms with van der Waals surface area (Å²) in [7, 11) is 0. The Kier molecular flexibility index (Phi) is 2.14. The largest absolute Gasteiger partial charge is 0.478 e. The predicted octanol–water partition coefficient (Wildman–Crippen LogP) is 1.74. The van der Waals surface area contributed by atoms with E-state index in [1.165, 1.54) is 0 Å². The summed E-state index contributed by atoms with van der Waals surface area (Å²) in [6, 6.07) is 7.91. The molecular formula is C13H12N2O2. The normalized spacial score (nSPS) is 14.7. The number of aromatic nitrogens is 1. The molecule has 4 nitrogen and oxygen atoms in total. The average molecular weight is 228 g/mol. The Bertz CT molecular complexity index is 625. The maximum atomic E-state index is 11.2. The number of hydrogen-bond acceptors (Lipinski definition) is 2. The maximum Gasteiger partial charge on any atom is 0.339 e. The highest BCUT2D eigenvalue weighted by atomic mass is 16.4. The van der Waals surface area contributed by atoms with Crippen LogP contribution in [0.15, 0.2) is 30.5 Å². The van der Waals surface area contributed by atoms with Gasteiger partial charge in [0.1, 0.15) is 0 Å². The van der Waals surface area contributed by atoms with E-state index in [1.807, 2.05) is 24.3 Å². The fourth-order valence-corrected chi connectivity index (χ4v) is 2.30. The van der Waals surface area contributed by atoms with Gasteiger partial charge in [-0.3, -0.25) is 0 Å². The average Bonchev–Trinajstić information content (AvgIpc) is 2.54. The molecule has 86 valence electrons. The second kappa shape index (κ2) is 3.66. The van der Waals surface area contributed by atoms with Gasteiger partial charge >= 0.3 is 5.97 Å². The molecule has 0 atom stereocenters. The molecule has 0 aliphatic carbocycles. The summed E-state index contributed by atoms with van der Waals surface area (Å²) < 4.78 is 0. The van der Waals surface area contributed by atoms with Gasteiger partial charge in [-0.15, -0.1) is 0 Å². The molecule has 2 aromatic rings. The number of carboxylic acid groups (broad SMARTS) is 1. The lowest BCUT2D eigenvalue weighted by molar-refractivity contribution is -0.130. The van der Waals surface area contributed by atoms with Gasteiger partial charge in [-0.25, -0.2) is 4.79 Å². The van der Waals surface area contributed by atoms with Crippen molar-refractivity contribution in [1.29, 1.82) is 0 Å². The molecule has 1 aliphatic rings. The minimum Gasteiger partial charge on any atom is -0.478 e. The minimum atomic E-state index is -0.910. The van der Waals surface area contributed by atoms with Crippen LogP contribution in [-0.2, 0) is 11.2 Å². The van der Waals surface area contributed by atoms with E-state index in [0.717, 1.165) is 35.1 Å². The lowest BCUT2D eigenvalue weighted by Gasteiger charge is -1.99. The Balaban J connectivity index is 2.30. The molecular weight excluding hydrogens is 216 g/mol. The van der Waals surface area contributed by atoms with E-state index >= 15 is 0 Å². The summed E-state index contributed by atoms with van der Waals surface area (Å²) in [5.74, 6) is -0.910. The zero-order valence-corrected chi connectivity index (χ0v) is 9.16. The molecule has 4 heteroatoms. The number of fused-ring (bicyclic) bond motifs is 3.